The first-order valence-corrected chi connectivity index (χ1v) is 11.4. The molecule has 0 radical (unpaired) electrons. The SMILES string of the molecule is COC(=O)/C=C/c1ccc(OC2=C(c3ccc(OC)cc3)S(=O)c3c2cc(F)c(OC)c3F)cc1. The molecule has 4 rings (SSSR count). The van der Waals surface area contributed by atoms with E-state index >= 15 is 4.39 Å². The van der Waals surface area contributed by atoms with Crippen molar-refractivity contribution in [1.82, 2.24) is 0 Å². The first kappa shape index (κ1) is 24.2. The molecule has 0 aliphatic carbocycles. The predicted molar refractivity (Wildman–Crippen MR) is 127 cm³/mol. The Morgan fingerprint density at radius 3 is 2.17 bits per heavy atom. The lowest BCUT2D eigenvalue weighted by molar-refractivity contribution is -0.134. The van der Waals surface area contributed by atoms with Gasteiger partial charge in [0, 0.05) is 11.6 Å². The lowest BCUT2D eigenvalue weighted by Gasteiger charge is -2.12. The molecule has 35 heavy (non-hydrogen) atoms. The molecule has 0 fully saturated rings. The zero-order chi connectivity index (χ0) is 25.1. The van der Waals surface area contributed by atoms with Gasteiger partial charge in [0.05, 0.1) is 41.9 Å². The van der Waals surface area contributed by atoms with Crippen molar-refractivity contribution in [3.63, 3.8) is 0 Å². The molecule has 1 aliphatic heterocycles. The summed E-state index contributed by atoms with van der Waals surface area (Å²) in [7, 11) is 1.92. The van der Waals surface area contributed by atoms with Crippen LogP contribution in [0.4, 0.5) is 8.78 Å². The van der Waals surface area contributed by atoms with Crippen LogP contribution in [-0.2, 0) is 20.3 Å². The van der Waals surface area contributed by atoms with E-state index < -0.39 is 34.2 Å². The summed E-state index contributed by atoms with van der Waals surface area (Å²) >= 11 is 0. The van der Waals surface area contributed by atoms with Crippen molar-refractivity contribution in [3.05, 3.63) is 89.0 Å². The molecule has 0 saturated carbocycles. The van der Waals surface area contributed by atoms with Crippen LogP contribution in [0.5, 0.6) is 17.2 Å². The molecule has 0 aromatic heterocycles. The van der Waals surface area contributed by atoms with Gasteiger partial charge in [-0.05, 0) is 59.7 Å². The molecule has 0 saturated heterocycles. The van der Waals surface area contributed by atoms with Gasteiger partial charge in [0.25, 0.3) is 0 Å². The molecule has 0 spiro atoms. The van der Waals surface area contributed by atoms with Crippen molar-refractivity contribution in [2.24, 2.45) is 0 Å². The van der Waals surface area contributed by atoms with E-state index in [1.165, 1.54) is 20.3 Å². The third-order valence-corrected chi connectivity index (χ3v) is 6.78. The Morgan fingerprint density at radius 1 is 0.914 bits per heavy atom. The Labute approximate surface area is 202 Å². The average molecular weight is 499 g/mol. The topological polar surface area (TPSA) is 71.1 Å². The number of methoxy groups -OCH3 is 3. The number of hydrogen-bond donors (Lipinski definition) is 0. The van der Waals surface area contributed by atoms with Gasteiger partial charge < -0.3 is 18.9 Å². The molecular weight excluding hydrogens is 478 g/mol. The second-order valence-corrected chi connectivity index (χ2v) is 8.62. The van der Waals surface area contributed by atoms with Gasteiger partial charge in [-0.15, -0.1) is 0 Å². The first-order chi connectivity index (χ1) is 16.9. The van der Waals surface area contributed by atoms with Gasteiger partial charge >= 0.3 is 5.97 Å². The van der Waals surface area contributed by atoms with Crippen LogP contribution >= 0.6 is 0 Å². The van der Waals surface area contributed by atoms with Gasteiger partial charge in [-0.2, -0.15) is 0 Å². The Balaban J connectivity index is 1.80. The van der Waals surface area contributed by atoms with Crippen molar-refractivity contribution in [3.8, 4) is 17.2 Å². The zero-order valence-electron chi connectivity index (χ0n) is 19.0. The van der Waals surface area contributed by atoms with Gasteiger partial charge in [0.15, 0.2) is 23.1 Å². The predicted octanol–water partition coefficient (Wildman–Crippen LogP) is 5.19. The van der Waals surface area contributed by atoms with E-state index in [1.54, 1.807) is 54.6 Å². The third kappa shape index (κ3) is 4.67. The summed E-state index contributed by atoms with van der Waals surface area (Å²) < 4.78 is 63.8. The zero-order valence-corrected chi connectivity index (χ0v) is 19.8. The molecule has 1 aliphatic rings. The summed E-state index contributed by atoms with van der Waals surface area (Å²) in [4.78, 5) is 11.3. The van der Waals surface area contributed by atoms with Crippen LogP contribution in [0.25, 0.3) is 16.7 Å². The van der Waals surface area contributed by atoms with Crippen molar-refractivity contribution < 1.29 is 36.7 Å². The van der Waals surface area contributed by atoms with Crippen molar-refractivity contribution in [1.29, 1.82) is 0 Å². The number of fused-ring (bicyclic) bond motifs is 1. The van der Waals surface area contributed by atoms with Gasteiger partial charge in [-0.25, -0.2) is 17.8 Å². The minimum absolute atomic E-state index is 0.0274. The number of benzene rings is 3. The number of carbonyl (C=O) groups excluding carboxylic acids is 1. The maximum absolute atomic E-state index is 15.1. The normalized spacial score (nSPS) is 14.7. The van der Waals surface area contributed by atoms with E-state index in [4.69, 9.17) is 14.2 Å². The van der Waals surface area contributed by atoms with E-state index in [1.807, 2.05) is 0 Å². The Bertz CT molecular complexity index is 1360. The molecule has 180 valence electrons. The maximum Gasteiger partial charge on any atom is 0.330 e. The number of rotatable bonds is 7. The van der Waals surface area contributed by atoms with Crippen LogP contribution in [0.1, 0.15) is 16.7 Å². The Hall–Kier alpha value is -3.98. The fourth-order valence-corrected chi connectivity index (χ4v) is 4.99. The summed E-state index contributed by atoms with van der Waals surface area (Å²) in [6.07, 6.45) is 2.84. The van der Waals surface area contributed by atoms with E-state index in [0.717, 1.165) is 13.2 Å². The monoisotopic (exact) mass is 498 g/mol. The summed E-state index contributed by atoms with van der Waals surface area (Å²) in [5.74, 6) is -2.13. The smallest absolute Gasteiger partial charge is 0.330 e. The molecule has 0 amide bonds. The van der Waals surface area contributed by atoms with Crippen LogP contribution in [0.15, 0.2) is 65.6 Å². The van der Waals surface area contributed by atoms with Gasteiger partial charge in [0.1, 0.15) is 11.5 Å². The van der Waals surface area contributed by atoms with Crippen LogP contribution in [-0.4, -0.2) is 31.5 Å². The van der Waals surface area contributed by atoms with Crippen molar-refractivity contribution in [2.75, 3.05) is 21.3 Å². The summed E-state index contributed by atoms with van der Waals surface area (Å²) in [6.45, 7) is 0. The second kappa shape index (κ2) is 10.1. The number of ether oxygens (including phenoxy) is 4. The summed E-state index contributed by atoms with van der Waals surface area (Å²) in [5.41, 5.74) is 1.22. The third-order valence-electron chi connectivity index (χ3n) is 5.22. The maximum atomic E-state index is 15.1. The van der Waals surface area contributed by atoms with Gasteiger partial charge in [-0.3, -0.25) is 0 Å². The molecule has 1 atom stereocenters. The van der Waals surface area contributed by atoms with Crippen LogP contribution in [0, 0.1) is 11.6 Å². The molecule has 9 heteroatoms. The minimum atomic E-state index is -2.01. The average Bonchev–Trinajstić information content (AvgIpc) is 3.14. The highest BCUT2D eigenvalue weighted by atomic mass is 32.2. The van der Waals surface area contributed by atoms with Crippen LogP contribution in [0.3, 0.4) is 0 Å². The van der Waals surface area contributed by atoms with Gasteiger partial charge in [0.2, 0.25) is 0 Å². The largest absolute Gasteiger partial charge is 0.497 e. The Kier molecular flexibility index (Phi) is 6.97. The standard InChI is InChI=1S/C26H20F2O6S/c1-31-17-11-7-16(8-12-17)25-23(19-14-20(27)24(33-3)22(28)26(19)35(25)30)34-18-9-4-15(5-10-18)6-13-21(29)32-2/h4-14H,1-3H3/b13-6+. The quantitative estimate of drug-likeness (QED) is 0.330. The number of halogens is 2. The minimum Gasteiger partial charge on any atom is -0.497 e. The molecular formula is C26H20F2O6S. The number of carbonyl (C=O) groups is 1. The highest BCUT2D eigenvalue weighted by Gasteiger charge is 2.37. The molecule has 0 N–H and O–H groups in total. The van der Waals surface area contributed by atoms with E-state index in [0.29, 0.717) is 22.6 Å². The van der Waals surface area contributed by atoms with Crippen molar-refractivity contribution in [2.45, 2.75) is 4.90 Å². The van der Waals surface area contributed by atoms with Gasteiger partial charge in [-0.1, -0.05) is 12.1 Å². The summed E-state index contributed by atoms with van der Waals surface area (Å²) in [5, 5.41) is 0. The van der Waals surface area contributed by atoms with E-state index in [-0.39, 0.29) is 21.1 Å². The molecule has 3 aromatic carbocycles. The summed E-state index contributed by atoms with van der Waals surface area (Å²) in [6, 6.07) is 14.3. The highest BCUT2D eigenvalue weighted by molar-refractivity contribution is 7.95. The fourth-order valence-electron chi connectivity index (χ4n) is 3.51. The molecule has 6 nitrogen and oxygen atoms in total. The lowest BCUT2D eigenvalue weighted by Crippen LogP contribution is -2.01. The molecule has 0 bridgehead atoms. The van der Waals surface area contributed by atoms with E-state index in [2.05, 4.69) is 4.74 Å². The van der Waals surface area contributed by atoms with E-state index in [9.17, 15) is 13.4 Å². The Morgan fingerprint density at radius 2 is 1.57 bits per heavy atom. The van der Waals surface area contributed by atoms with Crippen LogP contribution in [0.2, 0.25) is 0 Å². The second-order valence-electron chi connectivity index (χ2n) is 7.27. The molecule has 1 unspecified atom stereocenters. The molecule has 3 aromatic rings. The molecule has 1 heterocycles. The number of esters is 1. The fraction of sp³-hybridized carbons (Fsp3) is 0.115. The number of hydrogen-bond acceptors (Lipinski definition) is 6. The van der Waals surface area contributed by atoms with Crippen LogP contribution < -0.4 is 14.2 Å². The highest BCUT2D eigenvalue weighted by Crippen LogP contribution is 2.46. The van der Waals surface area contributed by atoms with Crippen molar-refractivity contribution >= 4 is 33.5 Å². The first-order valence-electron chi connectivity index (χ1n) is 10.3. The lowest BCUT2D eigenvalue weighted by atomic mass is 10.1.